The zero-order valence-electron chi connectivity index (χ0n) is 16.4. The van der Waals surface area contributed by atoms with Crippen LogP contribution in [0.2, 0.25) is 0 Å². The molecule has 0 unspecified atom stereocenters. The minimum absolute atomic E-state index is 0.0239. The molecule has 1 aromatic heterocycles. The summed E-state index contributed by atoms with van der Waals surface area (Å²) < 4.78 is 1.04. The van der Waals surface area contributed by atoms with E-state index in [9.17, 15) is 14.9 Å². The zero-order chi connectivity index (χ0) is 20.8. The van der Waals surface area contributed by atoms with Crippen molar-refractivity contribution in [2.75, 3.05) is 32.1 Å². The van der Waals surface area contributed by atoms with Crippen LogP contribution < -0.4 is 9.80 Å². The number of non-ortho nitro benzene ring substituents is 1. The smallest absolute Gasteiger partial charge is 0.269 e. The second kappa shape index (κ2) is 9.40. The van der Waals surface area contributed by atoms with Crippen molar-refractivity contribution in [2.24, 2.45) is 0 Å². The molecule has 150 valence electrons. The molecule has 1 amide bonds. The van der Waals surface area contributed by atoms with Crippen LogP contribution in [-0.4, -0.2) is 43.0 Å². The van der Waals surface area contributed by atoms with Crippen LogP contribution in [0, 0.1) is 10.1 Å². The van der Waals surface area contributed by atoms with Crippen molar-refractivity contribution < 1.29 is 14.6 Å². The maximum absolute atomic E-state index is 12.9. The predicted molar refractivity (Wildman–Crippen MR) is 116 cm³/mol. The van der Waals surface area contributed by atoms with Crippen molar-refractivity contribution in [3.8, 4) is 0 Å². The SMILES string of the molecule is C[NH+](C)CCCN(C(=O)/C=C\c1ccc([N+](=O)[O-])cc1)c1nc2ccccc2s1. The van der Waals surface area contributed by atoms with E-state index in [0.717, 1.165) is 28.7 Å². The van der Waals surface area contributed by atoms with Gasteiger partial charge >= 0.3 is 0 Å². The lowest BCUT2D eigenvalue weighted by Gasteiger charge is -2.18. The molecular weight excluding hydrogens is 388 g/mol. The van der Waals surface area contributed by atoms with E-state index in [1.54, 1.807) is 23.1 Å². The number of aromatic nitrogens is 1. The third-order valence-corrected chi connectivity index (χ3v) is 5.42. The fourth-order valence-electron chi connectivity index (χ4n) is 2.83. The van der Waals surface area contributed by atoms with Gasteiger partial charge in [-0.05, 0) is 35.9 Å². The van der Waals surface area contributed by atoms with Crippen LogP contribution in [0.1, 0.15) is 12.0 Å². The Morgan fingerprint density at radius 2 is 1.93 bits per heavy atom. The Hall–Kier alpha value is -3.10. The van der Waals surface area contributed by atoms with Gasteiger partial charge in [-0.1, -0.05) is 23.5 Å². The fraction of sp³-hybridized carbons (Fsp3) is 0.238. The van der Waals surface area contributed by atoms with Gasteiger partial charge in [0.25, 0.3) is 11.6 Å². The largest absolute Gasteiger partial charge is 0.340 e. The van der Waals surface area contributed by atoms with Gasteiger partial charge in [0.15, 0.2) is 5.13 Å². The second-order valence-corrected chi connectivity index (χ2v) is 7.96. The van der Waals surface area contributed by atoms with E-state index in [1.165, 1.54) is 34.4 Å². The van der Waals surface area contributed by atoms with Crippen molar-refractivity contribution in [1.82, 2.24) is 4.98 Å². The van der Waals surface area contributed by atoms with E-state index in [2.05, 4.69) is 19.1 Å². The average molecular weight is 412 g/mol. The highest BCUT2D eigenvalue weighted by molar-refractivity contribution is 7.22. The molecule has 0 bridgehead atoms. The number of nitrogens with zero attached hydrogens (tertiary/aromatic N) is 3. The van der Waals surface area contributed by atoms with Crippen LogP contribution in [0.5, 0.6) is 0 Å². The molecule has 0 aliphatic rings. The highest BCUT2D eigenvalue weighted by Crippen LogP contribution is 2.29. The summed E-state index contributed by atoms with van der Waals surface area (Å²) in [7, 11) is 4.16. The number of para-hydroxylation sites is 1. The summed E-state index contributed by atoms with van der Waals surface area (Å²) in [5.74, 6) is -0.156. The van der Waals surface area contributed by atoms with E-state index in [4.69, 9.17) is 0 Å². The second-order valence-electron chi connectivity index (χ2n) is 6.95. The lowest BCUT2D eigenvalue weighted by molar-refractivity contribution is -0.858. The van der Waals surface area contributed by atoms with E-state index in [-0.39, 0.29) is 11.6 Å². The first-order valence-electron chi connectivity index (χ1n) is 9.32. The number of nitro groups is 1. The number of nitrogens with one attached hydrogen (secondary N) is 1. The number of fused-ring (bicyclic) bond motifs is 1. The Balaban J connectivity index is 1.80. The van der Waals surface area contributed by atoms with Gasteiger partial charge in [-0.3, -0.25) is 19.8 Å². The number of hydrogen-bond donors (Lipinski definition) is 1. The number of amides is 1. The van der Waals surface area contributed by atoms with Crippen molar-refractivity contribution >= 4 is 44.4 Å². The standard InChI is InChI=1S/C21H22N4O3S/c1-23(2)14-5-15-24(21-22-18-6-3-4-7-19(18)29-21)20(26)13-10-16-8-11-17(12-9-16)25(27)28/h3-4,6-13H,5,14-15H2,1-2H3/p+1/b13-10-. The van der Waals surface area contributed by atoms with Crippen LogP contribution in [0.15, 0.2) is 54.6 Å². The average Bonchev–Trinajstić information content (AvgIpc) is 3.13. The first kappa shape index (κ1) is 20.6. The quantitative estimate of drug-likeness (QED) is 0.351. The van der Waals surface area contributed by atoms with Gasteiger partial charge in [0, 0.05) is 31.2 Å². The number of quaternary nitrogens is 1. The Morgan fingerprint density at radius 3 is 2.59 bits per heavy atom. The maximum Gasteiger partial charge on any atom is 0.269 e. The fourth-order valence-corrected chi connectivity index (χ4v) is 3.83. The number of hydrogen-bond acceptors (Lipinski definition) is 5. The van der Waals surface area contributed by atoms with E-state index in [0.29, 0.717) is 11.7 Å². The first-order chi connectivity index (χ1) is 13.9. The monoisotopic (exact) mass is 411 g/mol. The molecule has 1 heterocycles. The molecule has 0 radical (unpaired) electrons. The Labute approximate surface area is 173 Å². The molecule has 0 atom stereocenters. The molecule has 8 heteroatoms. The van der Waals surface area contributed by atoms with Crippen LogP contribution in [-0.2, 0) is 4.79 Å². The van der Waals surface area contributed by atoms with Gasteiger partial charge in [0.1, 0.15) is 0 Å². The normalized spacial score (nSPS) is 11.4. The summed E-state index contributed by atoms with van der Waals surface area (Å²) in [6, 6.07) is 13.9. The van der Waals surface area contributed by atoms with E-state index in [1.807, 2.05) is 24.3 Å². The lowest BCUT2D eigenvalue weighted by Crippen LogP contribution is -3.05. The Morgan fingerprint density at radius 1 is 1.21 bits per heavy atom. The topological polar surface area (TPSA) is 80.8 Å². The summed E-state index contributed by atoms with van der Waals surface area (Å²) in [6.45, 7) is 1.52. The number of rotatable bonds is 8. The van der Waals surface area contributed by atoms with Crippen molar-refractivity contribution in [3.63, 3.8) is 0 Å². The summed E-state index contributed by atoms with van der Waals surface area (Å²) in [5.41, 5.74) is 1.63. The molecule has 0 fully saturated rings. The molecule has 7 nitrogen and oxygen atoms in total. The first-order valence-corrected chi connectivity index (χ1v) is 10.1. The van der Waals surface area contributed by atoms with Crippen molar-refractivity contribution in [1.29, 1.82) is 0 Å². The molecule has 1 N–H and O–H groups in total. The molecular formula is C21H23N4O3S+. The molecule has 3 aromatic rings. The van der Waals surface area contributed by atoms with Crippen molar-refractivity contribution in [2.45, 2.75) is 6.42 Å². The highest BCUT2D eigenvalue weighted by atomic mass is 32.1. The summed E-state index contributed by atoms with van der Waals surface area (Å²) in [6.07, 6.45) is 4.02. The molecule has 3 rings (SSSR count). The van der Waals surface area contributed by atoms with Crippen LogP contribution in [0.4, 0.5) is 10.8 Å². The van der Waals surface area contributed by atoms with E-state index < -0.39 is 4.92 Å². The maximum atomic E-state index is 12.9. The molecule has 0 saturated heterocycles. The lowest BCUT2D eigenvalue weighted by atomic mass is 10.2. The highest BCUT2D eigenvalue weighted by Gasteiger charge is 2.18. The van der Waals surface area contributed by atoms with Crippen molar-refractivity contribution in [3.05, 3.63) is 70.3 Å². The van der Waals surface area contributed by atoms with Gasteiger partial charge in [-0.15, -0.1) is 0 Å². The zero-order valence-corrected chi connectivity index (χ0v) is 17.2. The Bertz CT molecular complexity index is 995. The third kappa shape index (κ3) is 5.46. The van der Waals surface area contributed by atoms with Gasteiger partial charge < -0.3 is 4.90 Å². The van der Waals surface area contributed by atoms with Crippen LogP contribution >= 0.6 is 11.3 Å². The minimum atomic E-state index is -0.444. The van der Waals surface area contributed by atoms with Gasteiger partial charge in [0.05, 0.1) is 35.8 Å². The van der Waals surface area contributed by atoms with Gasteiger partial charge in [-0.2, -0.15) is 0 Å². The number of nitro benzene ring substituents is 1. The molecule has 0 aliphatic heterocycles. The number of anilines is 1. The molecule has 0 aliphatic carbocycles. The summed E-state index contributed by atoms with van der Waals surface area (Å²) in [4.78, 5) is 30.9. The predicted octanol–water partition coefficient (Wildman–Crippen LogP) is 2.79. The van der Waals surface area contributed by atoms with E-state index >= 15 is 0 Å². The summed E-state index contributed by atoms with van der Waals surface area (Å²) in [5, 5.41) is 11.4. The Kier molecular flexibility index (Phi) is 6.69. The minimum Gasteiger partial charge on any atom is -0.340 e. The van der Waals surface area contributed by atoms with Crippen LogP contribution in [0.3, 0.4) is 0 Å². The number of carbonyl (C=O) groups excluding carboxylic acids is 1. The molecule has 2 aromatic carbocycles. The van der Waals surface area contributed by atoms with Gasteiger partial charge in [0.2, 0.25) is 0 Å². The van der Waals surface area contributed by atoms with Crippen LogP contribution in [0.25, 0.3) is 16.3 Å². The third-order valence-electron chi connectivity index (χ3n) is 4.36. The number of thiazole rings is 1. The number of benzene rings is 2. The number of carbonyl (C=O) groups is 1. The molecule has 0 saturated carbocycles. The molecule has 29 heavy (non-hydrogen) atoms. The summed E-state index contributed by atoms with van der Waals surface area (Å²) >= 11 is 1.50. The molecule has 0 spiro atoms. The van der Waals surface area contributed by atoms with Gasteiger partial charge in [-0.25, -0.2) is 4.98 Å².